The number of amides is 1. The lowest BCUT2D eigenvalue weighted by Gasteiger charge is -2.02. The van der Waals surface area contributed by atoms with E-state index in [1.165, 1.54) is 11.3 Å². The van der Waals surface area contributed by atoms with Gasteiger partial charge in [0.05, 0.1) is 10.2 Å². The van der Waals surface area contributed by atoms with Crippen LogP contribution in [0, 0.1) is 13.8 Å². The summed E-state index contributed by atoms with van der Waals surface area (Å²) >= 11 is 5.07. The first-order chi connectivity index (χ1) is 10.5. The van der Waals surface area contributed by atoms with Crippen LogP contribution in [-0.4, -0.2) is 10.5 Å². The van der Waals surface area contributed by atoms with Gasteiger partial charge in [0.2, 0.25) is 0 Å². The maximum atomic E-state index is 12.5. The molecule has 0 spiro atoms. The molecule has 22 heavy (non-hydrogen) atoms. The van der Waals surface area contributed by atoms with Crippen molar-refractivity contribution in [2.45, 2.75) is 13.8 Å². The Labute approximate surface area is 141 Å². The highest BCUT2D eigenvalue weighted by molar-refractivity contribution is 9.10. The van der Waals surface area contributed by atoms with E-state index in [9.17, 15) is 4.79 Å². The van der Waals surface area contributed by atoms with Crippen LogP contribution in [0.25, 0.3) is 10.2 Å². The number of para-hydroxylation sites is 1. The minimum absolute atomic E-state index is 0.198. The van der Waals surface area contributed by atoms with Crippen LogP contribution in [0.5, 0.6) is 0 Å². The van der Waals surface area contributed by atoms with Crippen LogP contribution in [0.3, 0.4) is 0 Å². The van der Waals surface area contributed by atoms with Crippen LogP contribution in [-0.2, 0) is 7.05 Å². The third-order valence-electron chi connectivity index (χ3n) is 3.58. The van der Waals surface area contributed by atoms with E-state index in [0.717, 1.165) is 25.8 Å². The molecule has 1 aromatic heterocycles. The number of carbonyl (C=O) groups excluding carboxylic acids is 1. The van der Waals surface area contributed by atoms with Crippen molar-refractivity contribution in [3.63, 3.8) is 0 Å². The SMILES string of the molecule is Cc1ccc(C(=O)N=c2sc3cccc(Br)c3n2C)c(C)c1. The third kappa shape index (κ3) is 2.66. The Balaban J connectivity index is 2.14. The second-order valence-corrected chi connectivity index (χ2v) is 7.13. The number of benzene rings is 2. The summed E-state index contributed by atoms with van der Waals surface area (Å²) in [6.45, 7) is 3.96. The van der Waals surface area contributed by atoms with Gasteiger partial charge in [-0.15, -0.1) is 0 Å². The van der Waals surface area contributed by atoms with Crippen molar-refractivity contribution < 1.29 is 4.79 Å². The topological polar surface area (TPSA) is 34.4 Å². The minimum atomic E-state index is -0.198. The average molecular weight is 375 g/mol. The molecule has 0 saturated heterocycles. The molecule has 0 unspecified atom stereocenters. The second kappa shape index (κ2) is 5.82. The summed E-state index contributed by atoms with van der Waals surface area (Å²) in [5, 5.41) is 0. The zero-order chi connectivity index (χ0) is 15.9. The monoisotopic (exact) mass is 374 g/mol. The van der Waals surface area contributed by atoms with Gasteiger partial charge in [0.25, 0.3) is 5.91 Å². The predicted octanol–water partition coefficient (Wildman–Crippen LogP) is 4.36. The molecule has 3 aromatic rings. The average Bonchev–Trinajstić information content (AvgIpc) is 2.76. The highest BCUT2D eigenvalue weighted by atomic mass is 79.9. The standard InChI is InChI=1S/C17H15BrN2OS/c1-10-7-8-12(11(2)9-10)16(21)19-17-20(3)15-13(18)5-4-6-14(15)22-17/h4-9H,1-3H3. The van der Waals surface area contributed by atoms with Crippen LogP contribution in [0.4, 0.5) is 0 Å². The number of rotatable bonds is 1. The lowest BCUT2D eigenvalue weighted by molar-refractivity contribution is 0.0997. The van der Waals surface area contributed by atoms with E-state index in [4.69, 9.17) is 0 Å². The summed E-state index contributed by atoms with van der Waals surface area (Å²) in [4.78, 5) is 17.5. The summed E-state index contributed by atoms with van der Waals surface area (Å²) < 4.78 is 4.05. The second-order valence-electron chi connectivity index (χ2n) is 5.27. The molecule has 3 nitrogen and oxygen atoms in total. The maximum Gasteiger partial charge on any atom is 0.279 e. The molecular weight excluding hydrogens is 360 g/mol. The van der Waals surface area contributed by atoms with E-state index < -0.39 is 0 Å². The van der Waals surface area contributed by atoms with E-state index in [1.54, 1.807) is 0 Å². The lowest BCUT2D eigenvalue weighted by atomic mass is 10.1. The molecule has 0 bridgehead atoms. The highest BCUT2D eigenvalue weighted by Crippen LogP contribution is 2.25. The summed E-state index contributed by atoms with van der Waals surface area (Å²) in [6.07, 6.45) is 0. The van der Waals surface area contributed by atoms with Gasteiger partial charge in [-0.2, -0.15) is 4.99 Å². The van der Waals surface area contributed by atoms with Gasteiger partial charge in [-0.05, 0) is 53.5 Å². The van der Waals surface area contributed by atoms with Gasteiger partial charge in [-0.3, -0.25) is 4.79 Å². The van der Waals surface area contributed by atoms with Gasteiger partial charge < -0.3 is 4.57 Å². The molecule has 112 valence electrons. The van der Waals surface area contributed by atoms with Crippen molar-refractivity contribution in [1.82, 2.24) is 4.57 Å². The van der Waals surface area contributed by atoms with E-state index in [2.05, 4.69) is 20.9 Å². The Morgan fingerprint density at radius 1 is 1.23 bits per heavy atom. The molecule has 0 fully saturated rings. The number of thiazole rings is 1. The fraction of sp³-hybridized carbons (Fsp3) is 0.176. The molecule has 3 rings (SSSR count). The van der Waals surface area contributed by atoms with Crippen LogP contribution in [0.1, 0.15) is 21.5 Å². The maximum absolute atomic E-state index is 12.5. The quantitative estimate of drug-likeness (QED) is 0.622. The largest absolute Gasteiger partial charge is 0.318 e. The summed E-state index contributed by atoms with van der Waals surface area (Å²) in [6, 6.07) is 11.8. The molecule has 0 atom stereocenters. The molecule has 0 aliphatic heterocycles. The number of carbonyl (C=O) groups is 1. The number of hydrogen-bond donors (Lipinski definition) is 0. The van der Waals surface area contributed by atoms with Crippen molar-refractivity contribution in [3.05, 3.63) is 62.4 Å². The number of nitrogens with zero attached hydrogens (tertiary/aromatic N) is 2. The van der Waals surface area contributed by atoms with Crippen LogP contribution < -0.4 is 4.80 Å². The Morgan fingerprint density at radius 3 is 2.68 bits per heavy atom. The van der Waals surface area contributed by atoms with E-state index in [0.29, 0.717) is 10.4 Å². The van der Waals surface area contributed by atoms with Gasteiger partial charge in [0, 0.05) is 17.1 Å². The van der Waals surface area contributed by atoms with E-state index in [1.807, 2.05) is 61.9 Å². The van der Waals surface area contributed by atoms with Crippen LogP contribution >= 0.6 is 27.3 Å². The zero-order valence-electron chi connectivity index (χ0n) is 12.6. The molecule has 0 aliphatic carbocycles. The van der Waals surface area contributed by atoms with Crippen molar-refractivity contribution >= 4 is 43.4 Å². The Morgan fingerprint density at radius 2 is 2.00 bits per heavy atom. The molecule has 1 amide bonds. The normalized spacial score (nSPS) is 12.1. The molecule has 1 heterocycles. The van der Waals surface area contributed by atoms with Crippen molar-refractivity contribution in [2.75, 3.05) is 0 Å². The molecular formula is C17H15BrN2OS. The zero-order valence-corrected chi connectivity index (χ0v) is 15.0. The van der Waals surface area contributed by atoms with E-state index >= 15 is 0 Å². The highest BCUT2D eigenvalue weighted by Gasteiger charge is 2.10. The molecule has 2 aromatic carbocycles. The molecule has 0 radical (unpaired) electrons. The Kier molecular flexibility index (Phi) is 4.02. The molecule has 5 heteroatoms. The summed E-state index contributed by atoms with van der Waals surface area (Å²) in [5.74, 6) is -0.198. The first-order valence-electron chi connectivity index (χ1n) is 6.88. The fourth-order valence-corrected chi connectivity index (χ4v) is 4.27. The van der Waals surface area contributed by atoms with E-state index in [-0.39, 0.29) is 5.91 Å². The van der Waals surface area contributed by atoms with Crippen molar-refractivity contribution in [3.8, 4) is 0 Å². The smallest absolute Gasteiger partial charge is 0.279 e. The first kappa shape index (κ1) is 15.2. The third-order valence-corrected chi connectivity index (χ3v) is 5.32. The first-order valence-corrected chi connectivity index (χ1v) is 8.48. The Bertz CT molecular complexity index is 953. The van der Waals surface area contributed by atoms with Crippen LogP contribution in [0.15, 0.2) is 45.9 Å². The number of aryl methyl sites for hydroxylation is 3. The van der Waals surface area contributed by atoms with Crippen LogP contribution in [0.2, 0.25) is 0 Å². The summed E-state index contributed by atoms with van der Waals surface area (Å²) in [5.41, 5.74) is 3.81. The predicted molar refractivity (Wildman–Crippen MR) is 94.3 cm³/mol. The lowest BCUT2D eigenvalue weighted by Crippen LogP contribution is -2.14. The molecule has 0 N–H and O–H groups in total. The fourth-order valence-electron chi connectivity index (χ4n) is 2.46. The van der Waals surface area contributed by atoms with Gasteiger partial charge in [0.15, 0.2) is 4.80 Å². The summed E-state index contributed by atoms with van der Waals surface area (Å²) in [7, 11) is 1.93. The number of halogens is 1. The Hall–Kier alpha value is -1.72. The van der Waals surface area contributed by atoms with Gasteiger partial charge >= 0.3 is 0 Å². The number of hydrogen-bond acceptors (Lipinski definition) is 2. The number of fused-ring (bicyclic) bond motifs is 1. The van der Waals surface area contributed by atoms with Crippen molar-refractivity contribution in [2.24, 2.45) is 12.0 Å². The minimum Gasteiger partial charge on any atom is -0.318 e. The van der Waals surface area contributed by atoms with Crippen molar-refractivity contribution in [1.29, 1.82) is 0 Å². The van der Waals surface area contributed by atoms with Gasteiger partial charge in [-0.1, -0.05) is 35.1 Å². The van der Waals surface area contributed by atoms with Gasteiger partial charge in [0.1, 0.15) is 0 Å². The molecule has 0 aliphatic rings. The van der Waals surface area contributed by atoms with Gasteiger partial charge in [-0.25, -0.2) is 0 Å². The number of aromatic nitrogens is 1. The molecule has 0 saturated carbocycles.